The van der Waals surface area contributed by atoms with Gasteiger partial charge in [0.15, 0.2) is 0 Å². The van der Waals surface area contributed by atoms with Crippen molar-refractivity contribution in [1.82, 2.24) is 5.32 Å². The van der Waals surface area contributed by atoms with Gasteiger partial charge in [-0.15, -0.1) is 12.4 Å². The smallest absolute Gasteiger partial charge is 0.307 e. The quantitative estimate of drug-likeness (QED) is 0.778. The molecule has 0 bridgehead atoms. The molecule has 0 aliphatic carbocycles. The Morgan fingerprint density at radius 1 is 1.22 bits per heavy atom. The van der Waals surface area contributed by atoms with E-state index in [9.17, 15) is 9.59 Å². The average molecular weight is 343 g/mol. The molecule has 23 heavy (non-hydrogen) atoms. The van der Waals surface area contributed by atoms with E-state index >= 15 is 0 Å². The monoisotopic (exact) mass is 342 g/mol. The van der Waals surface area contributed by atoms with Crippen molar-refractivity contribution in [1.29, 1.82) is 0 Å². The minimum absolute atomic E-state index is 0. The Kier molecular flexibility index (Phi) is 8.87. The van der Waals surface area contributed by atoms with Gasteiger partial charge in [0.25, 0.3) is 0 Å². The van der Waals surface area contributed by atoms with E-state index in [1.54, 1.807) is 0 Å². The number of nitrogens with one attached hydrogen (secondary N) is 1. The highest BCUT2D eigenvalue weighted by Crippen LogP contribution is 2.25. The lowest BCUT2D eigenvalue weighted by Crippen LogP contribution is -2.31. The van der Waals surface area contributed by atoms with Gasteiger partial charge in [-0.3, -0.25) is 9.59 Å². The fourth-order valence-corrected chi connectivity index (χ4v) is 2.12. The van der Waals surface area contributed by atoms with Gasteiger partial charge >= 0.3 is 5.97 Å². The number of amides is 1. The molecule has 0 heterocycles. The second-order valence-corrected chi connectivity index (χ2v) is 6.31. The second-order valence-electron chi connectivity index (χ2n) is 6.31. The number of rotatable bonds is 6. The normalized spacial score (nSPS) is 12.0. The van der Waals surface area contributed by atoms with Crippen molar-refractivity contribution in [3.8, 4) is 0 Å². The van der Waals surface area contributed by atoms with Crippen LogP contribution < -0.4 is 11.1 Å². The van der Waals surface area contributed by atoms with E-state index in [4.69, 9.17) is 10.5 Å². The van der Waals surface area contributed by atoms with Gasteiger partial charge in [-0.25, -0.2) is 0 Å². The first-order chi connectivity index (χ1) is 10.3. The number of halogens is 1. The van der Waals surface area contributed by atoms with Crippen molar-refractivity contribution in [2.75, 3.05) is 13.7 Å². The lowest BCUT2D eigenvalue weighted by atomic mass is 9.86. The van der Waals surface area contributed by atoms with E-state index in [2.05, 4.69) is 26.1 Å². The molecule has 0 radical (unpaired) electrons. The van der Waals surface area contributed by atoms with Crippen LogP contribution in [-0.4, -0.2) is 25.5 Å². The number of benzene rings is 1. The summed E-state index contributed by atoms with van der Waals surface area (Å²) in [5, 5.41) is 2.84. The number of hydrogen-bond acceptors (Lipinski definition) is 4. The minimum Gasteiger partial charge on any atom is -0.469 e. The molecule has 0 aliphatic rings. The van der Waals surface area contributed by atoms with Crippen LogP contribution in [0.1, 0.15) is 50.8 Å². The Balaban J connectivity index is 0.00000484. The van der Waals surface area contributed by atoms with E-state index in [0.717, 1.165) is 5.56 Å². The Morgan fingerprint density at radius 2 is 1.78 bits per heavy atom. The number of hydrogen-bond donors (Lipinski definition) is 2. The highest BCUT2D eigenvalue weighted by Gasteiger charge is 2.20. The van der Waals surface area contributed by atoms with Crippen LogP contribution in [0.4, 0.5) is 0 Å². The van der Waals surface area contributed by atoms with Crippen molar-refractivity contribution in [3.05, 3.63) is 35.4 Å². The van der Waals surface area contributed by atoms with Gasteiger partial charge in [0.2, 0.25) is 5.91 Å². The van der Waals surface area contributed by atoms with Crippen LogP contribution in [0.3, 0.4) is 0 Å². The van der Waals surface area contributed by atoms with Gasteiger partial charge in [-0.05, 0) is 16.5 Å². The molecular formula is C17H27ClN2O3. The van der Waals surface area contributed by atoms with Gasteiger partial charge in [-0.1, -0.05) is 45.0 Å². The Bertz CT molecular complexity index is 510. The summed E-state index contributed by atoms with van der Waals surface area (Å²) in [5.41, 5.74) is 7.52. The average Bonchev–Trinajstić information content (AvgIpc) is 2.46. The number of carbonyl (C=O) groups excluding carboxylic acids is 2. The van der Waals surface area contributed by atoms with Gasteiger partial charge in [0.1, 0.15) is 0 Å². The maximum atomic E-state index is 11.8. The van der Waals surface area contributed by atoms with Crippen LogP contribution in [0.15, 0.2) is 24.3 Å². The zero-order valence-corrected chi connectivity index (χ0v) is 15.0. The number of nitrogens with two attached hydrogens (primary N) is 1. The molecule has 0 saturated heterocycles. The molecule has 1 aromatic rings. The van der Waals surface area contributed by atoms with E-state index in [0.29, 0.717) is 0 Å². The maximum absolute atomic E-state index is 11.8. The summed E-state index contributed by atoms with van der Waals surface area (Å²) < 4.78 is 4.71. The molecule has 0 aliphatic heterocycles. The van der Waals surface area contributed by atoms with Gasteiger partial charge < -0.3 is 15.8 Å². The van der Waals surface area contributed by atoms with Gasteiger partial charge in [0.05, 0.1) is 19.6 Å². The highest BCUT2D eigenvalue weighted by molar-refractivity contribution is 5.85. The first kappa shape index (κ1) is 21.4. The molecule has 130 valence electrons. The predicted octanol–water partition coefficient (Wildman–Crippen LogP) is 2.48. The van der Waals surface area contributed by atoms with Crippen LogP contribution in [0.2, 0.25) is 0 Å². The first-order valence-corrected chi connectivity index (χ1v) is 7.44. The number of esters is 1. The molecule has 3 N–H and O–H groups in total. The van der Waals surface area contributed by atoms with E-state index in [-0.39, 0.29) is 49.1 Å². The van der Waals surface area contributed by atoms with Crippen molar-refractivity contribution in [2.45, 2.75) is 45.1 Å². The van der Waals surface area contributed by atoms with E-state index in [1.165, 1.54) is 12.7 Å². The van der Waals surface area contributed by atoms with Crippen molar-refractivity contribution in [3.63, 3.8) is 0 Å². The third-order valence-corrected chi connectivity index (χ3v) is 3.48. The van der Waals surface area contributed by atoms with Gasteiger partial charge in [-0.2, -0.15) is 0 Å². The Hall–Kier alpha value is -1.59. The fourth-order valence-electron chi connectivity index (χ4n) is 2.12. The largest absolute Gasteiger partial charge is 0.469 e. The molecule has 0 fully saturated rings. The molecule has 1 aromatic carbocycles. The van der Waals surface area contributed by atoms with Crippen LogP contribution in [-0.2, 0) is 19.7 Å². The van der Waals surface area contributed by atoms with Crippen LogP contribution in [0.5, 0.6) is 0 Å². The highest BCUT2D eigenvalue weighted by atomic mass is 35.5. The number of methoxy groups -OCH3 is 1. The summed E-state index contributed by atoms with van der Waals surface area (Å²) in [6.07, 6.45) is 0.333. The van der Waals surface area contributed by atoms with E-state index < -0.39 is 6.04 Å². The Labute approximate surface area is 144 Å². The summed E-state index contributed by atoms with van der Waals surface area (Å²) in [4.78, 5) is 23.3. The lowest BCUT2D eigenvalue weighted by Gasteiger charge is -2.22. The summed E-state index contributed by atoms with van der Waals surface area (Å²) in [5.74, 6) is -0.533. The number of ether oxygens (including phenoxy) is 1. The van der Waals surface area contributed by atoms with Crippen molar-refractivity contribution in [2.24, 2.45) is 5.73 Å². The molecule has 6 heteroatoms. The molecule has 0 spiro atoms. The topological polar surface area (TPSA) is 81.4 Å². The molecule has 1 amide bonds. The van der Waals surface area contributed by atoms with E-state index in [1.807, 2.05) is 24.3 Å². The zero-order chi connectivity index (χ0) is 16.8. The molecular weight excluding hydrogens is 316 g/mol. The van der Waals surface area contributed by atoms with Crippen molar-refractivity contribution < 1.29 is 14.3 Å². The number of carbonyl (C=O) groups is 2. The van der Waals surface area contributed by atoms with Crippen LogP contribution >= 0.6 is 12.4 Å². The molecule has 5 nitrogen and oxygen atoms in total. The maximum Gasteiger partial charge on any atom is 0.307 e. The molecule has 0 aromatic heterocycles. The minimum atomic E-state index is -0.402. The lowest BCUT2D eigenvalue weighted by molar-refractivity contribution is -0.141. The summed E-state index contributed by atoms with van der Waals surface area (Å²) in [6.45, 7) is 6.69. The molecule has 1 rings (SSSR count). The SMILES string of the molecule is COC(=O)CC(NC(=O)CCN)c1ccc(C(C)(C)C)cc1.Cl. The predicted molar refractivity (Wildman–Crippen MR) is 93.6 cm³/mol. The fraction of sp³-hybridized carbons (Fsp3) is 0.529. The molecule has 1 unspecified atom stereocenters. The van der Waals surface area contributed by atoms with Crippen LogP contribution in [0.25, 0.3) is 0 Å². The van der Waals surface area contributed by atoms with Gasteiger partial charge in [0, 0.05) is 13.0 Å². The first-order valence-electron chi connectivity index (χ1n) is 7.44. The standard InChI is InChI=1S/C17H26N2O3.ClH/c1-17(2,3)13-7-5-12(6-8-13)14(11-16(21)22-4)19-15(20)9-10-18;/h5-8,14H,9-11,18H2,1-4H3,(H,19,20);1H. The second kappa shape index (κ2) is 9.53. The summed E-state index contributed by atoms with van der Waals surface area (Å²) >= 11 is 0. The molecule has 1 atom stereocenters. The van der Waals surface area contributed by atoms with Crippen LogP contribution in [0, 0.1) is 0 Å². The van der Waals surface area contributed by atoms with Crippen molar-refractivity contribution >= 4 is 24.3 Å². The third kappa shape index (κ3) is 7.01. The summed E-state index contributed by atoms with van der Waals surface area (Å²) in [6, 6.07) is 7.53. The Morgan fingerprint density at radius 3 is 2.22 bits per heavy atom. The molecule has 0 saturated carbocycles. The summed E-state index contributed by atoms with van der Waals surface area (Å²) in [7, 11) is 1.34. The zero-order valence-electron chi connectivity index (χ0n) is 14.2. The third-order valence-electron chi connectivity index (χ3n) is 3.48.